The van der Waals surface area contributed by atoms with Crippen molar-refractivity contribution < 1.29 is 9.90 Å². The van der Waals surface area contributed by atoms with E-state index in [1.165, 1.54) is 15.4 Å². The summed E-state index contributed by atoms with van der Waals surface area (Å²) < 4.78 is 1.80. The number of nitrogens with one attached hydrogen (secondary N) is 1. The minimum atomic E-state index is -0.327. The number of carbonyl (C=O) groups is 1. The highest BCUT2D eigenvalue weighted by molar-refractivity contribution is 8.26. The van der Waals surface area contributed by atoms with Crippen LogP contribution in [0.1, 0.15) is 24.5 Å². The molecule has 1 aromatic carbocycles. The fourth-order valence-electron chi connectivity index (χ4n) is 3.38. The molecule has 0 radical (unpaired) electrons. The van der Waals surface area contributed by atoms with Gasteiger partial charge in [0.25, 0.3) is 11.5 Å². The van der Waals surface area contributed by atoms with Crippen LogP contribution in [0, 0.1) is 0 Å². The second kappa shape index (κ2) is 10.0. The summed E-state index contributed by atoms with van der Waals surface area (Å²) in [6.45, 7) is 2.04. The molecular weight excluding hydrogens is 480 g/mol. The van der Waals surface area contributed by atoms with Gasteiger partial charge in [-0.1, -0.05) is 66.8 Å². The predicted octanol–water partition coefficient (Wildman–Crippen LogP) is 3.93. The Kier molecular flexibility index (Phi) is 7.14. The maximum Gasteiger partial charge on any atom is 0.267 e. The fraction of sp³-hybridized carbons (Fsp3) is 0.217. The number of halogens is 1. The molecule has 1 saturated heterocycles. The maximum absolute atomic E-state index is 13.3. The number of pyridine rings is 1. The van der Waals surface area contributed by atoms with Gasteiger partial charge in [-0.25, -0.2) is 4.98 Å². The Morgan fingerprint density at radius 3 is 2.73 bits per heavy atom. The normalized spacial score (nSPS) is 16.1. The number of hydrogen-bond acceptors (Lipinski definition) is 7. The van der Waals surface area contributed by atoms with Gasteiger partial charge in [0.2, 0.25) is 0 Å². The molecule has 1 atom stereocenters. The number of aliphatic hydroxyl groups excluding tert-OH is 1. The molecule has 4 rings (SSSR count). The minimum absolute atomic E-state index is 0.119. The summed E-state index contributed by atoms with van der Waals surface area (Å²) in [6.07, 6.45) is 3.77. The van der Waals surface area contributed by atoms with Crippen LogP contribution >= 0.6 is 35.6 Å². The summed E-state index contributed by atoms with van der Waals surface area (Å²) >= 11 is 12.8. The van der Waals surface area contributed by atoms with Crippen molar-refractivity contribution in [2.45, 2.75) is 25.9 Å². The average molecular weight is 501 g/mol. The summed E-state index contributed by atoms with van der Waals surface area (Å²) in [5.41, 5.74) is 1.14. The number of thioether (sulfide) groups is 1. The van der Waals surface area contributed by atoms with Crippen LogP contribution in [0.2, 0.25) is 5.02 Å². The zero-order chi connectivity index (χ0) is 23.5. The van der Waals surface area contributed by atoms with Crippen LogP contribution in [0.15, 0.2) is 58.4 Å². The van der Waals surface area contributed by atoms with Gasteiger partial charge in [0.15, 0.2) is 0 Å². The molecule has 10 heteroatoms. The highest BCUT2D eigenvalue weighted by Crippen LogP contribution is 2.35. The lowest BCUT2D eigenvalue weighted by Crippen LogP contribution is -2.28. The molecule has 0 spiro atoms. The highest BCUT2D eigenvalue weighted by atomic mass is 35.5. The number of rotatable bonds is 7. The predicted molar refractivity (Wildman–Crippen MR) is 136 cm³/mol. The van der Waals surface area contributed by atoms with Gasteiger partial charge >= 0.3 is 0 Å². The summed E-state index contributed by atoms with van der Waals surface area (Å²) in [6, 6.07) is 12.2. The summed E-state index contributed by atoms with van der Waals surface area (Å²) in [7, 11) is 0. The van der Waals surface area contributed by atoms with E-state index in [0.717, 1.165) is 17.3 Å². The molecule has 0 aliphatic carbocycles. The molecule has 1 amide bonds. The van der Waals surface area contributed by atoms with Crippen LogP contribution in [0.4, 0.5) is 5.82 Å². The zero-order valence-corrected chi connectivity index (χ0v) is 20.1. The third kappa shape index (κ3) is 4.81. The van der Waals surface area contributed by atoms with E-state index in [9.17, 15) is 14.7 Å². The summed E-state index contributed by atoms with van der Waals surface area (Å²) in [5.74, 6) is 0.00565. The molecule has 1 aliphatic heterocycles. The van der Waals surface area contributed by atoms with Gasteiger partial charge in [0, 0.05) is 11.2 Å². The number of thiocarbonyl (C=S) groups is 1. The molecule has 1 aliphatic rings. The molecule has 2 N–H and O–H groups in total. The molecule has 1 fully saturated rings. The monoisotopic (exact) mass is 500 g/mol. The van der Waals surface area contributed by atoms with Crippen molar-refractivity contribution >= 4 is 63.3 Å². The van der Waals surface area contributed by atoms with Crippen molar-refractivity contribution in [1.29, 1.82) is 0 Å². The Morgan fingerprint density at radius 1 is 1.24 bits per heavy atom. The van der Waals surface area contributed by atoms with Gasteiger partial charge in [0.1, 0.15) is 15.8 Å². The molecule has 7 nitrogen and oxygen atoms in total. The fourth-order valence-corrected chi connectivity index (χ4v) is 4.81. The molecule has 1 unspecified atom stereocenters. The number of nitrogens with zero attached hydrogens (tertiary/aromatic N) is 3. The van der Waals surface area contributed by atoms with Gasteiger partial charge in [-0.15, -0.1) is 0 Å². The summed E-state index contributed by atoms with van der Waals surface area (Å²) in [5, 5.41) is 13.3. The van der Waals surface area contributed by atoms with Crippen molar-refractivity contribution in [3.05, 3.63) is 80.1 Å². The molecule has 3 aromatic rings. The SMILES string of the molecule is CCC(CO)Nc1nc2ccccn2c(=O)c1/C=C1\SC(=S)N(Cc2ccccc2Cl)C1=O. The number of amides is 1. The standard InChI is InChI=1S/C23H21ClN4O3S2/c1-2-15(13-29)25-20-16(21(30)27-10-6-5-9-19(27)26-20)11-18-22(31)28(23(32)33-18)12-14-7-3-4-8-17(14)24/h3-11,15,25,29H,2,12-13H2,1H3/b18-11-. The van der Waals surface area contributed by atoms with E-state index in [0.29, 0.717) is 32.1 Å². The number of fused-ring (bicyclic) bond motifs is 1. The van der Waals surface area contributed by atoms with Crippen molar-refractivity contribution in [3.63, 3.8) is 0 Å². The molecular formula is C23H21ClN4O3S2. The number of carbonyl (C=O) groups excluding carboxylic acids is 1. The second-order valence-corrected chi connectivity index (χ2v) is 9.48. The first-order chi connectivity index (χ1) is 15.9. The van der Waals surface area contributed by atoms with E-state index in [2.05, 4.69) is 10.3 Å². The number of benzene rings is 1. The second-order valence-electron chi connectivity index (χ2n) is 7.40. The molecule has 33 heavy (non-hydrogen) atoms. The number of aromatic nitrogens is 2. The van der Waals surface area contributed by atoms with Crippen LogP contribution < -0.4 is 10.9 Å². The number of aliphatic hydroxyl groups is 1. The van der Waals surface area contributed by atoms with Crippen molar-refractivity contribution in [3.8, 4) is 0 Å². The molecule has 170 valence electrons. The lowest BCUT2D eigenvalue weighted by molar-refractivity contribution is -0.122. The Balaban J connectivity index is 1.75. The third-order valence-corrected chi connectivity index (χ3v) is 7.00. The Labute approximate surface area is 205 Å². The molecule has 0 saturated carbocycles. The van der Waals surface area contributed by atoms with Gasteiger partial charge in [-0.2, -0.15) is 0 Å². The first kappa shape index (κ1) is 23.4. The van der Waals surface area contributed by atoms with Gasteiger partial charge < -0.3 is 10.4 Å². The largest absolute Gasteiger partial charge is 0.394 e. The van der Waals surface area contributed by atoms with Crippen molar-refractivity contribution in [2.75, 3.05) is 11.9 Å². The zero-order valence-electron chi connectivity index (χ0n) is 17.7. The van der Waals surface area contributed by atoms with Gasteiger partial charge in [-0.05, 0) is 36.3 Å². The number of anilines is 1. The lowest BCUT2D eigenvalue weighted by atomic mass is 10.2. The lowest BCUT2D eigenvalue weighted by Gasteiger charge is -2.17. The van der Waals surface area contributed by atoms with Crippen molar-refractivity contribution in [2.24, 2.45) is 0 Å². The van der Waals surface area contributed by atoms with Crippen LogP contribution in [-0.2, 0) is 11.3 Å². The highest BCUT2D eigenvalue weighted by Gasteiger charge is 2.33. The van der Waals surface area contributed by atoms with Gasteiger partial charge in [-0.3, -0.25) is 18.9 Å². The Bertz CT molecular complexity index is 1320. The minimum Gasteiger partial charge on any atom is -0.394 e. The topological polar surface area (TPSA) is 86.9 Å². The Morgan fingerprint density at radius 2 is 2.00 bits per heavy atom. The van der Waals surface area contributed by atoms with Gasteiger partial charge in [0.05, 0.1) is 29.7 Å². The van der Waals surface area contributed by atoms with Crippen LogP contribution in [-0.4, -0.2) is 42.3 Å². The average Bonchev–Trinajstić information content (AvgIpc) is 3.08. The van der Waals surface area contributed by atoms with E-state index in [1.807, 2.05) is 25.1 Å². The Hall–Kier alpha value is -2.72. The molecule has 0 bridgehead atoms. The maximum atomic E-state index is 13.3. The van der Waals surface area contributed by atoms with E-state index in [1.54, 1.807) is 30.5 Å². The molecule has 3 heterocycles. The van der Waals surface area contributed by atoms with E-state index >= 15 is 0 Å². The van der Waals surface area contributed by atoms with E-state index in [-0.39, 0.29) is 36.2 Å². The van der Waals surface area contributed by atoms with Crippen LogP contribution in [0.25, 0.3) is 11.7 Å². The third-order valence-electron chi connectivity index (χ3n) is 5.26. The van der Waals surface area contributed by atoms with Crippen molar-refractivity contribution in [1.82, 2.24) is 14.3 Å². The van der Waals surface area contributed by atoms with Crippen LogP contribution in [0.3, 0.4) is 0 Å². The quantitative estimate of drug-likeness (QED) is 0.375. The van der Waals surface area contributed by atoms with E-state index in [4.69, 9.17) is 23.8 Å². The number of hydrogen-bond donors (Lipinski definition) is 2. The van der Waals surface area contributed by atoms with Crippen LogP contribution in [0.5, 0.6) is 0 Å². The first-order valence-corrected chi connectivity index (χ1v) is 11.9. The smallest absolute Gasteiger partial charge is 0.267 e. The van der Waals surface area contributed by atoms with E-state index < -0.39 is 0 Å². The first-order valence-electron chi connectivity index (χ1n) is 10.3. The summed E-state index contributed by atoms with van der Waals surface area (Å²) in [4.78, 5) is 32.8. The molecule has 2 aromatic heterocycles.